The van der Waals surface area contributed by atoms with E-state index in [0.29, 0.717) is 18.0 Å². The summed E-state index contributed by atoms with van der Waals surface area (Å²) in [5, 5.41) is 2.77. The number of halogens is 2. The van der Waals surface area contributed by atoms with Crippen molar-refractivity contribution >= 4 is 11.6 Å². The van der Waals surface area contributed by atoms with Gasteiger partial charge >= 0.3 is 0 Å². The third kappa shape index (κ3) is 4.51. The molecule has 2 aliphatic rings. The lowest BCUT2D eigenvalue weighted by Crippen LogP contribution is -2.42. The number of amides is 1. The predicted molar refractivity (Wildman–Crippen MR) is 97.3 cm³/mol. The van der Waals surface area contributed by atoms with Crippen molar-refractivity contribution in [2.45, 2.75) is 63.7 Å². The van der Waals surface area contributed by atoms with Crippen molar-refractivity contribution in [3.8, 4) is 0 Å². The van der Waals surface area contributed by atoms with Crippen LogP contribution in [0.15, 0.2) is 23.1 Å². The van der Waals surface area contributed by atoms with Crippen molar-refractivity contribution in [3.63, 3.8) is 0 Å². The van der Waals surface area contributed by atoms with Crippen LogP contribution in [0, 0.1) is 17.8 Å². The molecular weight excluding hydrogens is 338 g/mol. The van der Waals surface area contributed by atoms with Crippen LogP contribution in [0.25, 0.3) is 0 Å². The van der Waals surface area contributed by atoms with E-state index in [0.717, 1.165) is 25.7 Å². The van der Waals surface area contributed by atoms with Gasteiger partial charge in [-0.05, 0) is 24.3 Å². The van der Waals surface area contributed by atoms with Gasteiger partial charge in [0.2, 0.25) is 17.4 Å². The Morgan fingerprint density at radius 3 is 2.50 bits per heavy atom. The summed E-state index contributed by atoms with van der Waals surface area (Å²) < 4.78 is 29.5. The molecule has 0 aromatic carbocycles. The highest BCUT2D eigenvalue weighted by Crippen LogP contribution is 2.46. The number of nitrogens with zero attached hydrogens (tertiary/aromatic N) is 1. The molecule has 2 unspecified atom stereocenters. The summed E-state index contributed by atoms with van der Waals surface area (Å²) in [6.07, 6.45) is 8.22. The number of aryl methyl sites for hydroxylation is 1. The van der Waals surface area contributed by atoms with Gasteiger partial charge in [-0.1, -0.05) is 38.5 Å². The fourth-order valence-corrected chi connectivity index (χ4v) is 4.65. The number of aromatic nitrogens is 1. The number of hydrogen-bond donors (Lipinski definition) is 1. The Balaban J connectivity index is 1.77. The summed E-state index contributed by atoms with van der Waals surface area (Å²) in [6, 6.07) is 2.90. The van der Waals surface area contributed by atoms with E-state index in [-0.39, 0.29) is 30.2 Å². The van der Waals surface area contributed by atoms with Crippen LogP contribution in [0.4, 0.5) is 14.5 Å². The number of nitrogens with one attached hydrogen (secondary N) is 1. The zero-order chi connectivity index (χ0) is 18.7. The molecule has 1 heterocycles. The minimum atomic E-state index is -2.77. The highest BCUT2D eigenvalue weighted by molar-refractivity contribution is 5.92. The molecule has 26 heavy (non-hydrogen) atoms. The minimum Gasteiger partial charge on any atom is -0.325 e. The minimum absolute atomic E-state index is 0.0280. The second kappa shape index (κ2) is 7.89. The molecule has 0 radical (unpaired) electrons. The maximum absolute atomic E-state index is 14.1. The lowest BCUT2D eigenvalue weighted by Gasteiger charge is -2.39. The summed E-state index contributed by atoms with van der Waals surface area (Å²) in [6.45, 7) is 0. The van der Waals surface area contributed by atoms with Crippen LogP contribution in [-0.2, 0) is 11.8 Å². The molecule has 0 spiro atoms. The first-order valence-corrected chi connectivity index (χ1v) is 9.71. The third-order valence-electron chi connectivity index (χ3n) is 6.07. The van der Waals surface area contributed by atoms with E-state index in [2.05, 4.69) is 5.32 Å². The molecule has 1 aromatic rings. The highest BCUT2D eigenvalue weighted by atomic mass is 19.3. The van der Waals surface area contributed by atoms with Crippen molar-refractivity contribution in [1.29, 1.82) is 0 Å². The molecule has 0 aliphatic heterocycles. The fraction of sp³-hybridized carbons (Fsp3) is 0.700. The van der Waals surface area contributed by atoms with Gasteiger partial charge in [-0.15, -0.1) is 0 Å². The Morgan fingerprint density at radius 2 is 1.85 bits per heavy atom. The molecule has 6 heteroatoms. The predicted octanol–water partition coefficient (Wildman–Crippen LogP) is 4.35. The van der Waals surface area contributed by atoms with Crippen LogP contribution in [0.1, 0.15) is 57.8 Å². The number of pyridine rings is 1. The average Bonchev–Trinajstić information content (AvgIpc) is 2.86. The van der Waals surface area contributed by atoms with Crippen molar-refractivity contribution < 1.29 is 13.6 Å². The topological polar surface area (TPSA) is 51.1 Å². The Bertz CT molecular complexity index is 693. The standard InChI is InChI=1S/C20H28F2N2O2/c1-24-13-15(8-9-18(24)25)23-19(26)17-12-20(21,22)11-10-16(17)14-6-4-2-3-5-7-14/h8-9,13-14,16-17H,2-7,10-12H2,1H3,(H,23,26). The van der Waals surface area contributed by atoms with E-state index in [1.165, 1.54) is 35.7 Å². The largest absolute Gasteiger partial charge is 0.325 e. The SMILES string of the molecule is Cn1cc(NC(=O)C2CC(F)(F)CCC2C2CCCCCC2)ccc1=O. The summed E-state index contributed by atoms with van der Waals surface area (Å²) >= 11 is 0. The number of rotatable bonds is 3. The lowest BCUT2D eigenvalue weighted by atomic mass is 9.68. The van der Waals surface area contributed by atoms with E-state index in [1.54, 1.807) is 7.05 Å². The number of hydrogen-bond acceptors (Lipinski definition) is 2. The van der Waals surface area contributed by atoms with Crippen molar-refractivity contribution in [2.75, 3.05) is 5.32 Å². The van der Waals surface area contributed by atoms with Gasteiger partial charge in [0.25, 0.3) is 0 Å². The number of anilines is 1. The third-order valence-corrected chi connectivity index (χ3v) is 6.07. The van der Waals surface area contributed by atoms with Gasteiger partial charge in [-0.25, -0.2) is 8.78 Å². The van der Waals surface area contributed by atoms with Crippen LogP contribution >= 0.6 is 0 Å². The normalized spacial score (nSPS) is 26.9. The lowest BCUT2D eigenvalue weighted by molar-refractivity contribution is -0.134. The van der Waals surface area contributed by atoms with Crippen LogP contribution in [0.5, 0.6) is 0 Å². The van der Waals surface area contributed by atoms with E-state index in [9.17, 15) is 18.4 Å². The van der Waals surface area contributed by atoms with Crippen LogP contribution in [-0.4, -0.2) is 16.4 Å². The Kier molecular flexibility index (Phi) is 5.78. The van der Waals surface area contributed by atoms with Crippen LogP contribution in [0.3, 0.4) is 0 Å². The first-order chi connectivity index (χ1) is 12.4. The molecule has 144 valence electrons. The van der Waals surface area contributed by atoms with Crippen molar-refractivity contribution in [2.24, 2.45) is 24.8 Å². The van der Waals surface area contributed by atoms with Gasteiger partial charge in [-0.2, -0.15) is 0 Å². The quantitative estimate of drug-likeness (QED) is 0.809. The average molecular weight is 366 g/mol. The fourth-order valence-electron chi connectivity index (χ4n) is 4.65. The van der Waals surface area contributed by atoms with Gasteiger partial charge in [0.1, 0.15) is 0 Å². The van der Waals surface area contributed by atoms with E-state index in [4.69, 9.17) is 0 Å². The molecule has 2 aliphatic carbocycles. The molecule has 4 nitrogen and oxygen atoms in total. The smallest absolute Gasteiger partial charge is 0.250 e. The van der Waals surface area contributed by atoms with Crippen molar-refractivity contribution in [1.82, 2.24) is 4.57 Å². The molecule has 0 saturated heterocycles. The molecule has 1 amide bonds. The molecule has 0 bridgehead atoms. The summed E-state index contributed by atoms with van der Waals surface area (Å²) in [4.78, 5) is 24.3. The zero-order valence-electron chi connectivity index (χ0n) is 15.3. The number of carbonyl (C=O) groups is 1. The molecule has 1 N–H and O–H groups in total. The van der Waals surface area contributed by atoms with Crippen LogP contribution in [0.2, 0.25) is 0 Å². The summed E-state index contributed by atoms with van der Waals surface area (Å²) in [5.41, 5.74) is 0.300. The zero-order valence-corrected chi connectivity index (χ0v) is 15.3. The Labute approximate surface area is 153 Å². The van der Waals surface area contributed by atoms with Crippen LogP contribution < -0.4 is 10.9 Å². The molecule has 2 fully saturated rings. The molecule has 1 aromatic heterocycles. The van der Waals surface area contributed by atoms with E-state index < -0.39 is 11.8 Å². The Morgan fingerprint density at radius 1 is 1.15 bits per heavy atom. The number of alkyl halides is 2. The first-order valence-electron chi connectivity index (χ1n) is 9.71. The monoisotopic (exact) mass is 366 g/mol. The molecule has 2 atom stereocenters. The van der Waals surface area contributed by atoms with Gasteiger partial charge in [0, 0.05) is 38.1 Å². The second-order valence-electron chi connectivity index (χ2n) is 7.98. The second-order valence-corrected chi connectivity index (χ2v) is 7.98. The van der Waals surface area contributed by atoms with Gasteiger partial charge in [-0.3, -0.25) is 9.59 Å². The first kappa shape index (κ1) is 19.1. The van der Waals surface area contributed by atoms with Crippen molar-refractivity contribution in [3.05, 3.63) is 28.7 Å². The van der Waals surface area contributed by atoms with Gasteiger partial charge in [0.05, 0.1) is 5.69 Å². The maximum Gasteiger partial charge on any atom is 0.250 e. The number of carbonyl (C=O) groups excluding carboxylic acids is 1. The Hall–Kier alpha value is -1.72. The summed E-state index contributed by atoms with van der Waals surface area (Å²) in [5.74, 6) is -3.38. The molecule has 3 rings (SSSR count). The maximum atomic E-state index is 14.1. The molecular formula is C20H28F2N2O2. The van der Waals surface area contributed by atoms with Gasteiger partial charge in [0.15, 0.2) is 0 Å². The molecule has 2 saturated carbocycles. The highest BCUT2D eigenvalue weighted by Gasteiger charge is 2.46. The van der Waals surface area contributed by atoms with Gasteiger partial charge < -0.3 is 9.88 Å². The summed E-state index contributed by atoms with van der Waals surface area (Å²) in [7, 11) is 1.60. The van der Waals surface area contributed by atoms with E-state index in [1.807, 2.05) is 0 Å². The van der Waals surface area contributed by atoms with E-state index >= 15 is 0 Å².